The van der Waals surface area contributed by atoms with E-state index in [0.29, 0.717) is 31.0 Å². The van der Waals surface area contributed by atoms with Crippen molar-refractivity contribution in [1.29, 1.82) is 0 Å². The molecular formula is C12H20N4O3. The third kappa shape index (κ3) is 3.97. The Morgan fingerprint density at radius 2 is 2.05 bits per heavy atom. The first-order chi connectivity index (χ1) is 8.97. The molecule has 1 aromatic heterocycles. The molecule has 0 fully saturated rings. The second-order valence-electron chi connectivity index (χ2n) is 4.19. The molecule has 0 bridgehead atoms. The van der Waals surface area contributed by atoms with Gasteiger partial charge in [-0.1, -0.05) is 0 Å². The van der Waals surface area contributed by atoms with Gasteiger partial charge in [0, 0.05) is 13.0 Å². The summed E-state index contributed by atoms with van der Waals surface area (Å²) in [7, 11) is 0. The summed E-state index contributed by atoms with van der Waals surface area (Å²) >= 11 is 0. The van der Waals surface area contributed by atoms with E-state index >= 15 is 0 Å². The van der Waals surface area contributed by atoms with Gasteiger partial charge in [0.25, 0.3) is 0 Å². The Morgan fingerprint density at radius 1 is 1.37 bits per heavy atom. The van der Waals surface area contributed by atoms with E-state index in [1.165, 1.54) is 0 Å². The molecule has 0 aromatic carbocycles. The Balaban J connectivity index is 2.69. The normalized spacial score (nSPS) is 10.4. The maximum atomic E-state index is 11.6. The van der Waals surface area contributed by atoms with E-state index in [-0.39, 0.29) is 18.2 Å². The minimum Gasteiger partial charge on any atom is -0.461 e. The lowest BCUT2D eigenvalue weighted by atomic mass is 10.2. The van der Waals surface area contributed by atoms with Crippen molar-refractivity contribution >= 4 is 17.7 Å². The summed E-state index contributed by atoms with van der Waals surface area (Å²) in [4.78, 5) is 26.4. The monoisotopic (exact) mass is 268 g/mol. The van der Waals surface area contributed by atoms with Crippen LogP contribution in [0.4, 0.5) is 5.82 Å². The van der Waals surface area contributed by atoms with E-state index in [1.807, 2.05) is 0 Å². The van der Waals surface area contributed by atoms with Gasteiger partial charge in [-0.05, 0) is 26.7 Å². The smallest absolute Gasteiger partial charge is 0.360 e. The van der Waals surface area contributed by atoms with Crippen LogP contribution in [0.2, 0.25) is 0 Å². The Labute approximate surface area is 111 Å². The molecule has 1 aromatic rings. The van der Waals surface area contributed by atoms with Crippen LogP contribution in [0.15, 0.2) is 0 Å². The molecule has 0 radical (unpaired) electrons. The molecule has 0 unspecified atom stereocenters. The third-order valence-corrected chi connectivity index (χ3v) is 2.72. The Morgan fingerprint density at radius 3 is 2.63 bits per heavy atom. The highest BCUT2D eigenvalue weighted by atomic mass is 16.5. The molecule has 0 spiro atoms. The van der Waals surface area contributed by atoms with Crippen LogP contribution in [-0.4, -0.2) is 28.0 Å². The van der Waals surface area contributed by atoms with Gasteiger partial charge in [-0.2, -0.15) is 0 Å². The maximum Gasteiger partial charge on any atom is 0.360 e. The van der Waals surface area contributed by atoms with Crippen LogP contribution in [0.5, 0.6) is 0 Å². The number of nitrogen functional groups attached to an aromatic ring is 1. The summed E-state index contributed by atoms with van der Waals surface area (Å²) in [5, 5.41) is 0. The summed E-state index contributed by atoms with van der Waals surface area (Å²) in [6.45, 7) is 4.37. The number of nitrogens with zero attached hydrogens (tertiary/aromatic N) is 2. The number of hydrogen-bond donors (Lipinski definition) is 2. The van der Waals surface area contributed by atoms with E-state index < -0.39 is 5.97 Å². The van der Waals surface area contributed by atoms with E-state index in [9.17, 15) is 9.59 Å². The number of unbranched alkanes of at least 4 members (excludes halogenated alkanes) is 1. The number of nitrogens with two attached hydrogens (primary N) is 2. The van der Waals surface area contributed by atoms with Gasteiger partial charge in [0.05, 0.1) is 6.61 Å². The maximum absolute atomic E-state index is 11.6. The zero-order valence-corrected chi connectivity index (χ0v) is 11.3. The second-order valence-corrected chi connectivity index (χ2v) is 4.19. The molecule has 4 N–H and O–H groups in total. The summed E-state index contributed by atoms with van der Waals surface area (Å²) in [6, 6.07) is 0. The molecule has 106 valence electrons. The highest BCUT2D eigenvalue weighted by Crippen LogP contribution is 2.16. The summed E-state index contributed by atoms with van der Waals surface area (Å²) < 4.78 is 6.62. The first kappa shape index (κ1) is 15.0. The van der Waals surface area contributed by atoms with E-state index in [2.05, 4.69) is 4.98 Å². The fourth-order valence-corrected chi connectivity index (χ4v) is 1.78. The van der Waals surface area contributed by atoms with Crippen molar-refractivity contribution in [1.82, 2.24) is 9.55 Å². The van der Waals surface area contributed by atoms with Crippen molar-refractivity contribution in [2.45, 2.75) is 39.7 Å². The Kier molecular flexibility index (Phi) is 5.35. The van der Waals surface area contributed by atoms with Crippen LogP contribution in [-0.2, 0) is 16.1 Å². The highest BCUT2D eigenvalue weighted by Gasteiger charge is 2.19. The molecule has 1 amide bonds. The predicted molar refractivity (Wildman–Crippen MR) is 70.4 cm³/mol. The average molecular weight is 268 g/mol. The van der Waals surface area contributed by atoms with Gasteiger partial charge in [0.15, 0.2) is 5.69 Å². The van der Waals surface area contributed by atoms with Gasteiger partial charge in [0.1, 0.15) is 11.6 Å². The summed E-state index contributed by atoms with van der Waals surface area (Å²) in [5.74, 6) is 0.121. The number of carbonyl (C=O) groups is 2. The standard InChI is InChI=1S/C12H20N4O3/c1-3-19-12(18)10-11(14)16(8(2)15-10)7-5-4-6-9(13)17/h3-7,14H2,1-2H3,(H2,13,17). The van der Waals surface area contributed by atoms with E-state index in [4.69, 9.17) is 16.2 Å². The number of carbonyl (C=O) groups excluding carboxylic acids is 2. The number of ether oxygens (including phenoxy) is 1. The first-order valence-corrected chi connectivity index (χ1v) is 6.25. The lowest BCUT2D eigenvalue weighted by Gasteiger charge is -2.07. The number of anilines is 1. The van der Waals surface area contributed by atoms with Gasteiger partial charge in [-0.15, -0.1) is 0 Å². The topological polar surface area (TPSA) is 113 Å². The van der Waals surface area contributed by atoms with Crippen molar-refractivity contribution in [3.05, 3.63) is 11.5 Å². The zero-order valence-electron chi connectivity index (χ0n) is 11.3. The molecule has 0 atom stereocenters. The highest BCUT2D eigenvalue weighted by molar-refractivity contribution is 5.92. The largest absolute Gasteiger partial charge is 0.461 e. The second kappa shape index (κ2) is 6.77. The van der Waals surface area contributed by atoms with Crippen LogP contribution < -0.4 is 11.5 Å². The van der Waals surface area contributed by atoms with Crippen molar-refractivity contribution in [3.8, 4) is 0 Å². The number of hydrogen-bond acceptors (Lipinski definition) is 5. The van der Waals surface area contributed by atoms with Crippen LogP contribution in [0.3, 0.4) is 0 Å². The molecule has 1 heterocycles. The number of aromatic nitrogens is 2. The van der Waals surface area contributed by atoms with Crippen molar-refractivity contribution in [2.24, 2.45) is 5.73 Å². The lowest BCUT2D eigenvalue weighted by molar-refractivity contribution is -0.118. The van der Waals surface area contributed by atoms with Gasteiger partial charge in [0.2, 0.25) is 5.91 Å². The quantitative estimate of drug-likeness (QED) is 0.555. The van der Waals surface area contributed by atoms with Crippen LogP contribution >= 0.6 is 0 Å². The summed E-state index contributed by atoms with van der Waals surface area (Å²) in [6.07, 6.45) is 1.77. The number of primary amides is 1. The number of rotatable bonds is 7. The van der Waals surface area contributed by atoms with Crippen molar-refractivity contribution < 1.29 is 14.3 Å². The molecular weight excluding hydrogens is 248 g/mol. The number of aryl methyl sites for hydroxylation is 1. The fraction of sp³-hybridized carbons (Fsp3) is 0.583. The third-order valence-electron chi connectivity index (χ3n) is 2.72. The molecule has 0 aliphatic carbocycles. The fourth-order valence-electron chi connectivity index (χ4n) is 1.78. The molecule has 0 aliphatic heterocycles. The van der Waals surface area contributed by atoms with E-state index in [1.54, 1.807) is 18.4 Å². The zero-order chi connectivity index (χ0) is 14.4. The van der Waals surface area contributed by atoms with E-state index in [0.717, 1.165) is 6.42 Å². The van der Waals surface area contributed by atoms with Gasteiger partial charge in [-0.3, -0.25) is 4.79 Å². The lowest BCUT2D eigenvalue weighted by Crippen LogP contribution is -2.12. The SMILES string of the molecule is CCOC(=O)c1nc(C)n(CCCCC(N)=O)c1N. The molecule has 7 nitrogen and oxygen atoms in total. The van der Waals surface area contributed by atoms with Crippen LogP contribution in [0, 0.1) is 6.92 Å². The molecule has 0 saturated heterocycles. The summed E-state index contributed by atoms with van der Waals surface area (Å²) in [5.41, 5.74) is 11.1. The molecule has 0 aliphatic rings. The van der Waals surface area contributed by atoms with Gasteiger partial charge < -0.3 is 20.8 Å². The predicted octanol–water partition coefficient (Wildman–Crippen LogP) is 0.606. The minimum absolute atomic E-state index is 0.147. The molecule has 1 rings (SSSR count). The van der Waals surface area contributed by atoms with Crippen molar-refractivity contribution in [3.63, 3.8) is 0 Å². The van der Waals surface area contributed by atoms with Crippen molar-refractivity contribution in [2.75, 3.05) is 12.3 Å². The van der Waals surface area contributed by atoms with Gasteiger partial charge >= 0.3 is 5.97 Å². The minimum atomic E-state index is -0.515. The number of esters is 1. The number of amides is 1. The first-order valence-electron chi connectivity index (χ1n) is 6.25. The van der Waals surface area contributed by atoms with Crippen LogP contribution in [0.1, 0.15) is 42.5 Å². The molecule has 0 saturated carbocycles. The van der Waals surface area contributed by atoms with Gasteiger partial charge in [-0.25, -0.2) is 9.78 Å². The Bertz CT molecular complexity index is 468. The number of imidazole rings is 1. The average Bonchev–Trinajstić information content (AvgIpc) is 2.61. The molecule has 19 heavy (non-hydrogen) atoms. The van der Waals surface area contributed by atoms with Crippen LogP contribution in [0.25, 0.3) is 0 Å². The molecule has 7 heteroatoms. The Hall–Kier alpha value is -2.05.